The number of aliphatic imine (C=N–C) groups is 1. The molecule has 1 fully saturated rings. The van der Waals surface area contributed by atoms with E-state index in [1.807, 2.05) is 85.8 Å². The van der Waals surface area contributed by atoms with Crippen molar-refractivity contribution in [2.24, 2.45) is 4.99 Å². The molecule has 1 amide bonds. The van der Waals surface area contributed by atoms with Crippen LogP contribution in [0.2, 0.25) is 10.0 Å². The van der Waals surface area contributed by atoms with E-state index in [1.54, 1.807) is 18.2 Å². The lowest BCUT2D eigenvalue weighted by molar-refractivity contribution is -0.115. The van der Waals surface area contributed by atoms with Gasteiger partial charge in [-0.05, 0) is 77.9 Å². The second-order valence-electron chi connectivity index (χ2n) is 8.91. The van der Waals surface area contributed by atoms with Gasteiger partial charge in [0.1, 0.15) is 13.2 Å². The highest BCUT2D eigenvalue weighted by Gasteiger charge is 2.24. The molecule has 0 unspecified atom stereocenters. The maximum absolute atomic E-state index is 12.5. The summed E-state index contributed by atoms with van der Waals surface area (Å²) in [5, 5.41) is 3.95. The number of carbonyl (C=O) groups is 1. The number of para-hydroxylation sites is 1. The first kappa shape index (κ1) is 28.6. The zero-order valence-corrected chi connectivity index (χ0v) is 24.4. The molecule has 1 aliphatic heterocycles. The van der Waals surface area contributed by atoms with E-state index in [9.17, 15) is 4.79 Å². The quantitative estimate of drug-likeness (QED) is 0.184. The Hall–Kier alpha value is -3.91. The van der Waals surface area contributed by atoms with Gasteiger partial charge in [-0.1, -0.05) is 77.8 Å². The molecule has 0 spiro atoms. The van der Waals surface area contributed by atoms with E-state index in [1.165, 1.54) is 11.8 Å². The van der Waals surface area contributed by atoms with E-state index in [-0.39, 0.29) is 12.5 Å². The number of thioether (sulfide) groups is 1. The molecule has 0 bridgehead atoms. The Kier molecular flexibility index (Phi) is 9.51. The maximum Gasteiger partial charge on any atom is 0.264 e. The minimum atomic E-state index is -0.237. The predicted octanol–water partition coefficient (Wildman–Crippen LogP) is 8.44. The van der Waals surface area contributed by atoms with Gasteiger partial charge in [-0.3, -0.25) is 4.79 Å². The molecule has 4 aromatic carbocycles. The van der Waals surface area contributed by atoms with Crippen molar-refractivity contribution in [2.75, 3.05) is 6.61 Å². The van der Waals surface area contributed by atoms with Gasteiger partial charge < -0.3 is 19.5 Å². The van der Waals surface area contributed by atoms with Gasteiger partial charge in [0.25, 0.3) is 5.91 Å². The standard InChI is InChI=1S/C32H26Cl2N2O4S/c1-2-38-28-17-22(13-14-27(28)39-19-21-9-5-3-6-10-21)20-40-30-25(33)15-23(16-26(30)34)18-29-31(37)36-32(41-29)35-24-11-7-4-8-12-24/h3-18H,2,19-20H2,1H3,(H,35,36,37)/b29-18+. The van der Waals surface area contributed by atoms with E-state index in [0.717, 1.165) is 16.8 Å². The summed E-state index contributed by atoms with van der Waals surface area (Å²) in [7, 11) is 0. The molecule has 9 heteroatoms. The Morgan fingerprint density at radius 2 is 1.49 bits per heavy atom. The number of nitrogens with one attached hydrogen (secondary N) is 1. The molecule has 0 aliphatic carbocycles. The van der Waals surface area contributed by atoms with Crippen LogP contribution in [0.15, 0.2) is 101 Å². The third-order valence-corrected chi connectivity index (χ3v) is 7.36. The van der Waals surface area contributed by atoms with Gasteiger partial charge in [0.2, 0.25) is 0 Å². The molecule has 41 heavy (non-hydrogen) atoms. The van der Waals surface area contributed by atoms with Gasteiger partial charge in [0.15, 0.2) is 22.4 Å². The second-order valence-corrected chi connectivity index (χ2v) is 10.8. The number of amides is 1. The Bertz CT molecular complexity index is 1570. The molecule has 1 saturated heterocycles. The van der Waals surface area contributed by atoms with Gasteiger partial charge in [0, 0.05) is 0 Å². The van der Waals surface area contributed by atoms with Crippen molar-refractivity contribution < 1.29 is 19.0 Å². The lowest BCUT2D eigenvalue weighted by atomic mass is 10.2. The smallest absolute Gasteiger partial charge is 0.264 e. The molecule has 1 aliphatic rings. The van der Waals surface area contributed by atoms with Gasteiger partial charge >= 0.3 is 0 Å². The molecule has 1 N–H and O–H groups in total. The number of amidine groups is 1. The van der Waals surface area contributed by atoms with Crippen molar-refractivity contribution in [1.82, 2.24) is 5.32 Å². The third kappa shape index (κ3) is 7.64. The first-order valence-electron chi connectivity index (χ1n) is 12.9. The molecule has 0 saturated carbocycles. The van der Waals surface area contributed by atoms with Crippen LogP contribution in [-0.2, 0) is 18.0 Å². The van der Waals surface area contributed by atoms with Crippen molar-refractivity contribution in [3.63, 3.8) is 0 Å². The van der Waals surface area contributed by atoms with Gasteiger partial charge in [-0.25, -0.2) is 4.99 Å². The van der Waals surface area contributed by atoms with Gasteiger partial charge in [-0.15, -0.1) is 0 Å². The molecular weight excluding hydrogens is 579 g/mol. The summed E-state index contributed by atoms with van der Waals surface area (Å²) in [6, 6.07) is 28.4. The summed E-state index contributed by atoms with van der Waals surface area (Å²) in [6.07, 6.45) is 1.72. The maximum atomic E-state index is 12.5. The number of rotatable bonds is 10. The zero-order valence-electron chi connectivity index (χ0n) is 22.1. The van der Waals surface area contributed by atoms with Gasteiger partial charge in [0.05, 0.1) is 27.2 Å². The highest BCUT2D eigenvalue weighted by Crippen LogP contribution is 2.37. The largest absolute Gasteiger partial charge is 0.490 e. The Morgan fingerprint density at radius 3 is 2.20 bits per heavy atom. The van der Waals surface area contributed by atoms with E-state index in [2.05, 4.69) is 10.3 Å². The summed E-state index contributed by atoms with van der Waals surface area (Å²) in [4.78, 5) is 17.4. The molecule has 5 rings (SSSR count). The summed E-state index contributed by atoms with van der Waals surface area (Å²) < 4.78 is 17.8. The van der Waals surface area contributed by atoms with Crippen LogP contribution >= 0.6 is 35.0 Å². The number of halogens is 2. The fraction of sp³-hybridized carbons (Fsp3) is 0.125. The summed E-state index contributed by atoms with van der Waals surface area (Å²) in [5.41, 5.74) is 3.36. The minimum Gasteiger partial charge on any atom is -0.490 e. The van der Waals surface area contributed by atoms with Crippen molar-refractivity contribution in [2.45, 2.75) is 20.1 Å². The van der Waals surface area contributed by atoms with Crippen LogP contribution < -0.4 is 19.5 Å². The normalized spacial score (nSPS) is 14.8. The topological polar surface area (TPSA) is 69.2 Å². The van der Waals surface area contributed by atoms with Crippen LogP contribution in [0.5, 0.6) is 17.2 Å². The van der Waals surface area contributed by atoms with E-state index < -0.39 is 0 Å². The van der Waals surface area contributed by atoms with Crippen LogP contribution in [0.25, 0.3) is 6.08 Å². The van der Waals surface area contributed by atoms with Crippen molar-refractivity contribution in [3.8, 4) is 17.2 Å². The van der Waals surface area contributed by atoms with Crippen molar-refractivity contribution in [1.29, 1.82) is 0 Å². The van der Waals surface area contributed by atoms with E-state index >= 15 is 0 Å². The number of ether oxygens (including phenoxy) is 3. The fourth-order valence-electron chi connectivity index (χ4n) is 3.97. The van der Waals surface area contributed by atoms with Crippen LogP contribution in [-0.4, -0.2) is 17.7 Å². The summed E-state index contributed by atoms with van der Waals surface area (Å²) in [6.45, 7) is 3.07. The SMILES string of the molecule is CCOc1cc(COc2c(Cl)cc(/C=C3/SC(=Nc4ccccc4)NC3=O)cc2Cl)ccc1OCc1ccccc1. The number of nitrogens with zero attached hydrogens (tertiary/aromatic N) is 1. The lowest BCUT2D eigenvalue weighted by Gasteiger charge is -2.15. The monoisotopic (exact) mass is 604 g/mol. The average molecular weight is 606 g/mol. The highest BCUT2D eigenvalue weighted by molar-refractivity contribution is 8.18. The van der Waals surface area contributed by atoms with Crippen LogP contribution in [0.1, 0.15) is 23.6 Å². The molecule has 208 valence electrons. The zero-order chi connectivity index (χ0) is 28.6. The van der Waals surface area contributed by atoms with Crippen molar-refractivity contribution in [3.05, 3.63) is 123 Å². The Balaban J connectivity index is 1.26. The third-order valence-electron chi connectivity index (χ3n) is 5.88. The van der Waals surface area contributed by atoms with Crippen LogP contribution in [0.4, 0.5) is 5.69 Å². The van der Waals surface area contributed by atoms with E-state index in [4.69, 9.17) is 37.4 Å². The first-order chi connectivity index (χ1) is 20.0. The fourth-order valence-corrected chi connectivity index (χ4v) is 5.43. The molecular formula is C32H26Cl2N2O4S. The van der Waals surface area contributed by atoms with Crippen molar-refractivity contribution >= 4 is 57.8 Å². The molecule has 1 heterocycles. The van der Waals surface area contributed by atoms with Crippen LogP contribution in [0, 0.1) is 0 Å². The summed E-state index contributed by atoms with van der Waals surface area (Å²) in [5.74, 6) is 1.40. The first-order valence-corrected chi connectivity index (χ1v) is 14.4. The molecule has 0 atom stereocenters. The molecule has 0 aromatic heterocycles. The molecule has 4 aromatic rings. The summed E-state index contributed by atoms with van der Waals surface area (Å²) >= 11 is 14.4. The Labute approximate surface area is 253 Å². The Morgan fingerprint density at radius 1 is 0.805 bits per heavy atom. The number of carbonyl (C=O) groups excluding carboxylic acids is 1. The molecule has 0 radical (unpaired) electrons. The lowest BCUT2D eigenvalue weighted by Crippen LogP contribution is -2.19. The number of hydrogen-bond donors (Lipinski definition) is 1. The minimum absolute atomic E-state index is 0.219. The molecule has 6 nitrogen and oxygen atoms in total. The van der Waals surface area contributed by atoms with Crippen LogP contribution in [0.3, 0.4) is 0 Å². The number of hydrogen-bond acceptors (Lipinski definition) is 6. The highest BCUT2D eigenvalue weighted by atomic mass is 35.5. The average Bonchev–Trinajstić information content (AvgIpc) is 3.31. The number of benzene rings is 4. The van der Waals surface area contributed by atoms with Gasteiger partial charge in [-0.2, -0.15) is 0 Å². The second kappa shape index (κ2) is 13.6. The van der Waals surface area contributed by atoms with E-state index in [0.29, 0.717) is 56.1 Å². The predicted molar refractivity (Wildman–Crippen MR) is 166 cm³/mol.